The van der Waals surface area contributed by atoms with Crippen LogP contribution >= 0.6 is 11.3 Å². The predicted molar refractivity (Wildman–Crippen MR) is 85.8 cm³/mol. The zero-order valence-corrected chi connectivity index (χ0v) is 13.7. The Morgan fingerprint density at radius 1 is 1.59 bits per heavy atom. The number of nitrogens with zero attached hydrogens (tertiary/aromatic N) is 2. The Bertz CT molecular complexity index is 623. The number of aromatic nitrogens is 2. The van der Waals surface area contributed by atoms with Crippen molar-refractivity contribution in [3.63, 3.8) is 0 Å². The molecule has 1 amide bonds. The second-order valence-corrected chi connectivity index (χ2v) is 6.71. The highest BCUT2D eigenvalue weighted by atomic mass is 32.1. The summed E-state index contributed by atoms with van der Waals surface area (Å²) in [4.78, 5) is 13.6. The normalized spacial score (nSPS) is 23.2. The second-order valence-electron chi connectivity index (χ2n) is 5.73. The molecule has 1 aliphatic rings. The van der Waals surface area contributed by atoms with E-state index >= 15 is 0 Å². The van der Waals surface area contributed by atoms with Gasteiger partial charge in [-0.2, -0.15) is 5.10 Å². The molecule has 0 unspecified atom stereocenters. The van der Waals surface area contributed by atoms with E-state index in [9.17, 15) is 4.79 Å². The first-order valence-electron chi connectivity index (χ1n) is 7.59. The molecule has 1 fully saturated rings. The van der Waals surface area contributed by atoms with Gasteiger partial charge in [0.1, 0.15) is 6.10 Å². The Labute approximate surface area is 134 Å². The third-order valence-electron chi connectivity index (χ3n) is 4.07. The minimum absolute atomic E-state index is 0.00728. The van der Waals surface area contributed by atoms with E-state index in [1.807, 2.05) is 43.9 Å². The van der Waals surface area contributed by atoms with Crippen molar-refractivity contribution in [2.45, 2.75) is 37.8 Å². The molecule has 2 aromatic heterocycles. The van der Waals surface area contributed by atoms with Gasteiger partial charge in [-0.15, -0.1) is 11.3 Å². The van der Waals surface area contributed by atoms with Crippen LogP contribution in [0.5, 0.6) is 0 Å². The fraction of sp³-hybridized carbons (Fsp3) is 0.500. The zero-order chi connectivity index (χ0) is 15.5. The highest BCUT2D eigenvalue weighted by molar-refractivity contribution is 7.10. The van der Waals surface area contributed by atoms with Gasteiger partial charge in [-0.3, -0.25) is 9.48 Å². The van der Waals surface area contributed by atoms with Crippen LogP contribution in [0.3, 0.4) is 0 Å². The summed E-state index contributed by atoms with van der Waals surface area (Å²) in [5.41, 5.74) is 1.02. The molecular weight excluding hydrogens is 298 g/mol. The van der Waals surface area contributed by atoms with E-state index in [-0.39, 0.29) is 24.0 Å². The van der Waals surface area contributed by atoms with Crippen molar-refractivity contribution < 1.29 is 9.53 Å². The van der Waals surface area contributed by atoms with Gasteiger partial charge >= 0.3 is 0 Å². The number of rotatable bonds is 4. The smallest absolute Gasteiger partial charge is 0.228 e. The maximum Gasteiger partial charge on any atom is 0.228 e. The Morgan fingerprint density at radius 3 is 3.14 bits per heavy atom. The summed E-state index contributed by atoms with van der Waals surface area (Å²) < 4.78 is 7.66. The van der Waals surface area contributed by atoms with Gasteiger partial charge in [-0.1, -0.05) is 6.07 Å². The van der Waals surface area contributed by atoms with Crippen LogP contribution in [-0.4, -0.2) is 28.3 Å². The Morgan fingerprint density at radius 2 is 2.45 bits per heavy atom. The van der Waals surface area contributed by atoms with Gasteiger partial charge in [-0.25, -0.2) is 0 Å². The summed E-state index contributed by atoms with van der Waals surface area (Å²) in [6, 6.07) is 3.99. The molecule has 3 atom stereocenters. The molecule has 0 spiro atoms. The van der Waals surface area contributed by atoms with Crippen LogP contribution in [0.2, 0.25) is 0 Å². The van der Waals surface area contributed by atoms with E-state index in [2.05, 4.69) is 10.4 Å². The maximum absolute atomic E-state index is 12.5. The van der Waals surface area contributed by atoms with Crippen LogP contribution in [0.4, 0.5) is 0 Å². The summed E-state index contributed by atoms with van der Waals surface area (Å²) in [7, 11) is 1.89. The second kappa shape index (κ2) is 6.62. The fourth-order valence-electron chi connectivity index (χ4n) is 2.82. The summed E-state index contributed by atoms with van der Waals surface area (Å²) in [5, 5.41) is 9.38. The van der Waals surface area contributed by atoms with Crippen LogP contribution in [0.1, 0.15) is 42.2 Å². The minimum Gasteiger partial charge on any atom is -0.371 e. The molecule has 0 bridgehead atoms. The lowest BCUT2D eigenvalue weighted by molar-refractivity contribution is -0.125. The zero-order valence-electron chi connectivity index (χ0n) is 12.9. The van der Waals surface area contributed by atoms with Gasteiger partial charge in [0.05, 0.1) is 18.2 Å². The van der Waals surface area contributed by atoms with Crippen molar-refractivity contribution in [3.05, 3.63) is 40.3 Å². The van der Waals surface area contributed by atoms with E-state index in [1.165, 1.54) is 0 Å². The standard InChI is InChI=1S/C16H21N3O2S/c1-11(14-6-4-8-22-14)16(20)18-13-5-3-7-21-15(13)12-9-17-19(2)10-12/h4,6,8-11,13,15H,3,5,7H2,1-2H3,(H,18,20)/t11-,13-,15+/m0/s1. The molecule has 1 N–H and O–H groups in total. The number of hydrogen-bond donors (Lipinski definition) is 1. The van der Waals surface area contributed by atoms with Crippen molar-refractivity contribution in [2.24, 2.45) is 7.05 Å². The SMILES string of the molecule is C[C@H](C(=O)N[C@H]1CCCO[C@@H]1c1cnn(C)c1)c1cccs1. The van der Waals surface area contributed by atoms with E-state index in [0.29, 0.717) is 0 Å². The topological polar surface area (TPSA) is 56.1 Å². The predicted octanol–water partition coefficient (Wildman–Crippen LogP) is 2.62. The van der Waals surface area contributed by atoms with Crippen molar-refractivity contribution in [2.75, 3.05) is 6.61 Å². The molecule has 22 heavy (non-hydrogen) atoms. The van der Waals surface area contributed by atoms with Gasteiger partial charge in [0.15, 0.2) is 0 Å². The largest absolute Gasteiger partial charge is 0.371 e. The van der Waals surface area contributed by atoms with E-state index in [1.54, 1.807) is 16.0 Å². The summed E-state index contributed by atoms with van der Waals surface area (Å²) in [5.74, 6) is -0.0664. The van der Waals surface area contributed by atoms with Crippen LogP contribution in [-0.2, 0) is 16.6 Å². The maximum atomic E-state index is 12.5. The number of thiophene rings is 1. The molecule has 3 heterocycles. The molecule has 6 heteroatoms. The molecule has 1 saturated heterocycles. The first-order chi connectivity index (χ1) is 10.6. The Balaban J connectivity index is 1.70. The number of ether oxygens (including phenoxy) is 1. The molecule has 0 aliphatic carbocycles. The number of nitrogens with one attached hydrogen (secondary N) is 1. The summed E-state index contributed by atoms with van der Waals surface area (Å²) in [6.45, 7) is 2.68. The van der Waals surface area contributed by atoms with Gasteiger partial charge in [0.2, 0.25) is 5.91 Å². The number of hydrogen-bond acceptors (Lipinski definition) is 4. The minimum atomic E-state index is -0.128. The quantitative estimate of drug-likeness (QED) is 0.942. The van der Waals surface area contributed by atoms with Crippen molar-refractivity contribution in [1.82, 2.24) is 15.1 Å². The first kappa shape index (κ1) is 15.2. The highest BCUT2D eigenvalue weighted by Gasteiger charge is 2.31. The summed E-state index contributed by atoms with van der Waals surface area (Å²) in [6.07, 6.45) is 5.56. The van der Waals surface area contributed by atoms with E-state index in [4.69, 9.17) is 4.74 Å². The molecular formula is C16H21N3O2S. The van der Waals surface area contributed by atoms with Crippen molar-refractivity contribution in [3.8, 4) is 0 Å². The molecule has 1 aliphatic heterocycles. The van der Waals surface area contributed by atoms with Crippen molar-refractivity contribution in [1.29, 1.82) is 0 Å². The third kappa shape index (κ3) is 3.23. The van der Waals surface area contributed by atoms with Gasteiger partial charge in [0, 0.05) is 30.3 Å². The number of amides is 1. The molecule has 3 rings (SSSR count). The highest BCUT2D eigenvalue weighted by Crippen LogP contribution is 2.29. The Kier molecular flexibility index (Phi) is 4.59. The van der Waals surface area contributed by atoms with E-state index in [0.717, 1.165) is 29.9 Å². The lowest BCUT2D eigenvalue weighted by Gasteiger charge is -2.32. The number of aryl methyl sites for hydroxylation is 1. The van der Waals surface area contributed by atoms with Gasteiger partial charge < -0.3 is 10.1 Å². The summed E-state index contributed by atoms with van der Waals surface area (Å²) >= 11 is 1.62. The lowest BCUT2D eigenvalue weighted by atomic mass is 9.97. The van der Waals surface area contributed by atoms with Crippen LogP contribution < -0.4 is 5.32 Å². The fourth-order valence-corrected chi connectivity index (χ4v) is 3.60. The molecule has 0 saturated carbocycles. The average Bonchev–Trinajstić information content (AvgIpc) is 3.18. The first-order valence-corrected chi connectivity index (χ1v) is 8.47. The Hall–Kier alpha value is -1.66. The molecule has 118 valence electrons. The molecule has 0 radical (unpaired) electrons. The number of carbonyl (C=O) groups excluding carboxylic acids is 1. The lowest BCUT2D eigenvalue weighted by Crippen LogP contribution is -2.44. The number of carbonyl (C=O) groups is 1. The van der Waals surface area contributed by atoms with Crippen molar-refractivity contribution >= 4 is 17.2 Å². The average molecular weight is 319 g/mol. The molecule has 2 aromatic rings. The monoisotopic (exact) mass is 319 g/mol. The van der Waals surface area contributed by atoms with E-state index < -0.39 is 0 Å². The molecule has 0 aromatic carbocycles. The van der Waals surface area contributed by atoms with Crippen LogP contribution in [0.25, 0.3) is 0 Å². The van der Waals surface area contributed by atoms with Crippen LogP contribution in [0, 0.1) is 0 Å². The molecule has 5 nitrogen and oxygen atoms in total. The third-order valence-corrected chi connectivity index (χ3v) is 5.12. The van der Waals surface area contributed by atoms with Gasteiger partial charge in [-0.05, 0) is 31.2 Å². The van der Waals surface area contributed by atoms with Crippen LogP contribution in [0.15, 0.2) is 29.9 Å². The van der Waals surface area contributed by atoms with Gasteiger partial charge in [0.25, 0.3) is 0 Å².